The Kier molecular flexibility index (Phi) is 16.7. The smallest absolute Gasteiger partial charge is 0.0633 e. The monoisotopic (exact) mass is 204 g/mol. The van der Waals surface area contributed by atoms with Crippen LogP contribution in [-0.4, -0.2) is 25.3 Å². The summed E-state index contributed by atoms with van der Waals surface area (Å²) in [6, 6.07) is -0.00704. The first-order valence-electron chi connectivity index (χ1n) is 3.24. The number of hydrogen-bond donors (Lipinski definition) is 2. The Labute approximate surface area is 80.7 Å². The molecule has 0 heterocycles. The molecule has 0 saturated heterocycles. The average Bonchev–Trinajstić information content (AvgIpc) is 1.83. The number of nitrogens with two attached hydrogens (primary N) is 2. The quantitative estimate of drug-likeness (QED) is 0.704. The zero-order valence-electron chi connectivity index (χ0n) is 6.95. The van der Waals surface area contributed by atoms with Crippen LogP contribution >= 0.6 is 24.8 Å². The van der Waals surface area contributed by atoms with Gasteiger partial charge in [0.25, 0.3) is 0 Å². The van der Waals surface area contributed by atoms with Crippen molar-refractivity contribution < 1.29 is 4.74 Å². The topological polar surface area (TPSA) is 61.3 Å². The summed E-state index contributed by atoms with van der Waals surface area (Å²) in [5.41, 5.74) is 10.7. The Morgan fingerprint density at radius 1 is 1.27 bits per heavy atom. The third-order valence-corrected chi connectivity index (χ3v) is 0.946. The Morgan fingerprint density at radius 2 is 1.73 bits per heavy atom. The summed E-state index contributed by atoms with van der Waals surface area (Å²) in [7, 11) is 0. The van der Waals surface area contributed by atoms with E-state index < -0.39 is 0 Å². The molecular weight excluding hydrogens is 187 g/mol. The third-order valence-electron chi connectivity index (χ3n) is 0.946. The molecule has 0 spiro atoms. The second-order valence-electron chi connectivity index (χ2n) is 2.38. The Morgan fingerprint density at radius 3 is 2.00 bits per heavy atom. The van der Waals surface area contributed by atoms with E-state index in [0.29, 0.717) is 13.2 Å². The van der Waals surface area contributed by atoms with E-state index in [2.05, 4.69) is 0 Å². The molecule has 0 aromatic rings. The largest absolute Gasteiger partial charge is 0.377 e. The fraction of sp³-hybridized carbons (Fsp3) is 1.00. The first-order valence-corrected chi connectivity index (χ1v) is 3.24. The van der Waals surface area contributed by atoms with Crippen molar-refractivity contribution in [1.29, 1.82) is 0 Å². The van der Waals surface area contributed by atoms with Crippen LogP contribution in [0.15, 0.2) is 0 Å². The standard InChI is InChI=1S/C6H16N2O.2ClH/c1-5(2)9-4-6(8)3-7;;/h5-6H,3-4,7-8H2,1-2H3;2*1H. The first kappa shape index (κ1) is 17.5. The van der Waals surface area contributed by atoms with Crippen LogP contribution in [0.25, 0.3) is 0 Å². The first-order chi connectivity index (χ1) is 4.16. The highest BCUT2D eigenvalue weighted by Crippen LogP contribution is 1.87. The zero-order chi connectivity index (χ0) is 7.28. The van der Waals surface area contributed by atoms with Gasteiger partial charge < -0.3 is 16.2 Å². The molecule has 0 amide bonds. The highest BCUT2D eigenvalue weighted by molar-refractivity contribution is 5.85. The molecule has 72 valence electrons. The minimum atomic E-state index is -0.00704. The van der Waals surface area contributed by atoms with E-state index >= 15 is 0 Å². The summed E-state index contributed by atoms with van der Waals surface area (Å²) in [5.74, 6) is 0. The normalized spacial score (nSPS) is 11.7. The van der Waals surface area contributed by atoms with Crippen molar-refractivity contribution in [1.82, 2.24) is 0 Å². The number of hydrogen-bond acceptors (Lipinski definition) is 3. The second kappa shape index (κ2) is 10.5. The van der Waals surface area contributed by atoms with Gasteiger partial charge in [0, 0.05) is 12.6 Å². The van der Waals surface area contributed by atoms with Crippen LogP contribution in [0.2, 0.25) is 0 Å². The maximum absolute atomic E-state index is 5.47. The summed E-state index contributed by atoms with van der Waals surface area (Å²) in [6.07, 6.45) is 0.252. The molecule has 4 N–H and O–H groups in total. The molecule has 3 nitrogen and oxygen atoms in total. The SMILES string of the molecule is CC(C)OCC(N)CN.Cl.Cl. The van der Waals surface area contributed by atoms with Crippen molar-refractivity contribution in [3.8, 4) is 0 Å². The minimum absolute atomic E-state index is 0. The minimum Gasteiger partial charge on any atom is -0.377 e. The van der Waals surface area contributed by atoms with Gasteiger partial charge in [0.1, 0.15) is 0 Å². The molecule has 5 heteroatoms. The van der Waals surface area contributed by atoms with E-state index in [-0.39, 0.29) is 37.0 Å². The lowest BCUT2D eigenvalue weighted by molar-refractivity contribution is 0.0697. The van der Waals surface area contributed by atoms with Crippen molar-refractivity contribution >= 4 is 24.8 Å². The van der Waals surface area contributed by atoms with Gasteiger partial charge >= 0.3 is 0 Å². The Bertz CT molecular complexity index is 73.6. The maximum Gasteiger partial charge on any atom is 0.0633 e. The number of rotatable bonds is 4. The van der Waals surface area contributed by atoms with Crippen LogP contribution in [0, 0.1) is 0 Å². The Balaban J connectivity index is -0.000000320. The molecular formula is C6H18Cl2N2O. The van der Waals surface area contributed by atoms with Gasteiger partial charge in [-0.2, -0.15) is 0 Å². The van der Waals surface area contributed by atoms with E-state index in [4.69, 9.17) is 16.2 Å². The molecule has 1 atom stereocenters. The van der Waals surface area contributed by atoms with E-state index in [1.165, 1.54) is 0 Å². The van der Waals surface area contributed by atoms with Gasteiger partial charge in [0.15, 0.2) is 0 Å². The van der Waals surface area contributed by atoms with Crippen LogP contribution < -0.4 is 11.5 Å². The molecule has 0 aromatic carbocycles. The summed E-state index contributed by atoms with van der Waals surface area (Å²) < 4.78 is 5.19. The van der Waals surface area contributed by atoms with Crippen molar-refractivity contribution in [2.45, 2.75) is 26.0 Å². The third kappa shape index (κ3) is 13.5. The fourth-order valence-corrected chi connectivity index (χ4v) is 0.384. The van der Waals surface area contributed by atoms with Gasteiger partial charge in [-0.05, 0) is 13.8 Å². The summed E-state index contributed by atoms with van der Waals surface area (Å²) >= 11 is 0. The lowest BCUT2D eigenvalue weighted by Crippen LogP contribution is -2.35. The molecule has 0 radical (unpaired) electrons. The van der Waals surface area contributed by atoms with E-state index in [9.17, 15) is 0 Å². The molecule has 0 aliphatic rings. The number of ether oxygens (including phenoxy) is 1. The lowest BCUT2D eigenvalue weighted by Gasteiger charge is -2.11. The van der Waals surface area contributed by atoms with Crippen molar-refractivity contribution in [3.63, 3.8) is 0 Å². The highest BCUT2D eigenvalue weighted by Gasteiger charge is 1.99. The molecule has 0 bridgehead atoms. The highest BCUT2D eigenvalue weighted by atomic mass is 35.5. The molecule has 0 fully saturated rings. The molecule has 0 saturated carbocycles. The average molecular weight is 205 g/mol. The van der Waals surface area contributed by atoms with Crippen LogP contribution in [0.5, 0.6) is 0 Å². The van der Waals surface area contributed by atoms with E-state index in [1.807, 2.05) is 13.8 Å². The van der Waals surface area contributed by atoms with Crippen LogP contribution in [0.3, 0.4) is 0 Å². The van der Waals surface area contributed by atoms with E-state index in [0.717, 1.165) is 0 Å². The van der Waals surface area contributed by atoms with Crippen molar-refractivity contribution in [2.75, 3.05) is 13.2 Å². The van der Waals surface area contributed by atoms with E-state index in [1.54, 1.807) is 0 Å². The van der Waals surface area contributed by atoms with Gasteiger partial charge in [-0.15, -0.1) is 24.8 Å². The van der Waals surface area contributed by atoms with Gasteiger partial charge in [0.05, 0.1) is 12.7 Å². The second-order valence-corrected chi connectivity index (χ2v) is 2.38. The fourth-order valence-electron chi connectivity index (χ4n) is 0.384. The van der Waals surface area contributed by atoms with Gasteiger partial charge in [-0.1, -0.05) is 0 Å². The van der Waals surface area contributed by atoms with Crippen molar-refractivity contribution in [3.05, 3.63) is 0 Å². The van der Waals surface area contributed by atoms with Crippen LogP contribution in [0.1, 0.15) is 13.8 Å². The molecule has 1 unspecified atom stereocenters. The zero-order valence-corrected chi connectivity index (χ0v) is 8.58. The van der Waals surface area contributed by atoms with Crippen LogP contribution in [-0.2, 0) is 4.74 Å². The maximum atomic E-state index is 5.47. The van der Waals surface area contributed by atoms with Gasteiger partial charge in [0.2, 0.25) is 0 Å². The molecule has 0 aromatic heterocycles. The summed E-state index contributed by atoms with van der Waals surface area (Å²) in [6.45, 7) is 5.01. The van der Waals surface area contributed by atoms with Crippen LogP contribution in [0.4, 0.5) is 0 Å². The van der Waals surface area contributed by atoms with Gasteiger partial charge in [-0.3, -0.25) is 0 Å². The van der Waals surface area contributed by atoms with Crippen molar-refractivity contribution in [2.24, 2.45) is 11.5 Å². The summed E-state index contributed by atoms with van der Waals surface area (Å²) in [4.78, 5) is 0. The molecule has 11 heavy (non-hydrogen) atoms. The molecule has 0 rings (SSSR count). The summed E-state index contributed by atoms with van der Waals surface area (Å²) in [5, 5.41) is 0. The van der Waals surface area contributed by atoms with Gasteiger partial charge in [-0.25, -0.2) is 0 Å². The predicted octanol–water partition coefficient (Wildman–Crippen LogP) is 0.541. The Hall–Kier alpha value is 0.460. The molecule has 0 aliphatic carbocycles. The lowest BCUT2D eigenvalue weighted by atomic mass is 10.3. The number of halogens is 2. The predicted molar refractivity (Wildman–Crippen MR) is 52.6 cm³/mol. The molecule has 0 aliphatic heterocycles.